The molecule has 0 unspecified atom stereocenters. The highest BCUT2D eigenvalue weighted by Gasteiger charge is 2.07. The Morgan fingerprint density at radius 1 is 1.00 bits per heavy atom. The van der Waals surface area contributed by atoms with Gasteiger partial charge in [0, 0.05) is 24.6 Å². The molecule has 1 aromatic heterocycles. The molecule has 1 aliphatic carbocycles. The number of aromatic nitrogens is 1. The van der Waals surface area contributed by atoms with Crippen LogP contribution in [0.3, 0.4) is 0 Å². The molecule has 3 rings (SSSR count). The smallest absolute Gasteiger partial charge is 0.132 e. The van der Waals surface area contributed by atoms with Gasteiger partial charge in [0.15, 0.2) is 0 Å². The molecule has 1 aliphatic rings. The summed E-state index contributed by atoms with van der Waals surface area (Å²) < 4.78 is 0. The van der Waals surface area contributed by atoms with E-state index in [1.165, 1.54) is 10.9 Å². The van der Waals surface area contributed by atoms with Crippen LogP contribution >= 0.6 is 0 Å². The lowest BCUT2D eigenvalue weighted by Gasteiger charge is -1.83. The molecule has 0 saturated heterocycles. The molecule has 0 atom stereocenters. The quantitative estimate of drug-likeness (QED) is 0.697. The zero-order valence-corrected chi connectivity index (χ0v) is 8.70. The predicted molar refractivity (Wildman–Crippen MR) is 61.8 cm³/mol. The molecule has 0 radical (unpaired) electrons. The fraction of sp³-hybridized carbons (Fsp3) is 0.308. The van der Waals surface area contributed by atoms with E-state index in [0.717, 1.165) is 25.7 Å². The van der Waals surface area contributed by atoms with Gasteiger partial charge in [-0.2, -0.15) is 0 Å². The Hall–Kier alpha value is -1.57. The van der Waals surface area contributed by atoms with Crippen molar-refractivity contribution in [3.05, 3.63) is 36.5 Å². The van der Waals surface area contributed by atoms with Crippen LogP contribution in [0.4, 0.5) is 0 Å². The number of hydrogen-bond acceptors (Lipinski definition) is 1. The minimum absolute atomic E-state index is 0.454. The predicted octanol–water partition coefficient (Wildman–Crippen LogP) is 3.30. The van der Waals surface area contributed by atoms with E-state index in [4.69, 9.17) is 0 Å². The Balaban J connectivity index is 0.000000124. The first kappa shape index (κ1) is 9.97. The van der Waals surface area contributed by atoms with Crippen molar-refractivity contribution in [1.29, 1.82) is 0 Å². The van der Waals surface area contributed by atoms with E-state index in [1.54, 1.807) is 0 Å². The summed E-state index contributed by atoms with van der Waals surface area (Å²) in [5.74, 6) is 0.454. The topological polar surface area (TPSA) is 32.9 Å². The third kappa shape index (κ3) is 2.69. The molecular weight excluding hydrogens is 186 g/mol. The zero-order chi connectivity index (χ0) is 10.5. The third-order valence-electron chi connectivity index (χ3n) is 2.62. The second-order valence-electron chi connectivity index (χ2n) is 3.81. The maximum absolute atomic E-state index is 10.2. The van der Waals surface area contributed by atoms with E-state index < -0.39 is 0 Å². The van der Waals surface area contributed by atoms with E-state index in [9.17, 15) is 4.79 Å². The normalized spacial score (nSPS) is 15.1. The van der Waals surface area contributed by atoms with Gasteiger partial charge in [0.05, 0.1) is 0 Å². The van der Waals surface area contributed by atoms with Gasteiger partial charge >= 0.3 is 0 Å². The average molecular weight is 201 g/mol. The van der Waals surface area contributed by atoms with Crippen molar-refractivity contribution in [2.75, 3.05) is 0 Å². The van der Waals surface area contributed by atoms with Crippen LogP contribution in [-0.4, -0.2) is 10.8 Å². The van der Waals surface area contributed by atoms with Gasteiger partial charge in [-0.15, -0.1) is 0 Å². The van der Waals surface area contributed by atoms with Crippen molar-refractivity contribution in [1.82, 2.24) is 4.98 Å². The van der Waals surface area contributed by atoms with E-state index in [2.05, 4.69) is 23.2 Å². The van der Waals surface area contributed by atoms with Crippen LogP contribution in [0.1, 0.15) is 25.7 Å². The summed E-state index contributed by atoms with van der Waals surface area (Å²) in [6.45, 7) is 0. The number of carbonyl (C=O) groups excluding carboxylic acids is 1. The van der Waals surface area contributed by atoms with E-state index in [-0.39, 0.29) is 0 Å². The van der Waals surface area contributed by atoms with Gasteiger partial charge in [-0.3, -0.25) is 4.79 Å². The highest BCUT2D eigenvalue weighted by atomic mass is 16.1. The number of H-pyrrole nitrogens is 1. The molecule has 1 N–H and O–H groups in total. The molecule has 1 saturated carbocycles. The highest BCUT2D eigenvalue weighted by molar-refractivity contribution is 5.80. The molecule has 78 valence electrons. The SMILES string of the molecule is O=C1CCCC1.c1ccc2[nH]ccc2c1. The number of carbonyl (C=O) groups is 1. The lowest BCUT2D eigenvalue weighted by Crippen LogP contribution is -1.81. The number of Topliss-reactive ketones (excluding diaryl/α,β-unsaturated/α-hetero) is 1. The lowest BCUT2D eigenvalue weighted by atomic mass is 10.3. The first-order chi connectivity index (χ1) is 7.36. The van der Waals surface area contributed by atoms with Gasteiger partial charge in [-0.1, -0.05) is 18.2 Å². The van der Waals surface area contributed by atoms with Gasteiger partial charge in [-0.25, -0.2) is 0 Å². The van der Waals surface area contributed by atoms with Gasteiger partial charge in [0.1, 0.15) is 5.78 Å². The van der Waals surface area contributed by atoms with Gasteiger partial charge in [-0.05, 0) is 30.4 Å². The van der Waals surface area contributed by atoms with Crippen LogP contribution in [0.5, 0.6) is 0 Å². The maximum atomic E-state index is 10.2. The first-order valence-corrected chi connectivity index (χ1v) is 5.40. The average Bonchev–Trinajstić information content (AvgIpc) is 2.88. The van der Waals surface area contributed by atoms with Crippen molar-refractivity contribution in [3.63, 3.8) is 0 Å². The summed E-state index contributed by atoms with van der Waals surface area (Å²) in [5, 5.41) is 1.28. The third-order valence-corrected chi connectivity index (χ3v) is 2.62. The van der Waals surface area contributed by atoms with Gasteiger partial charge in [0.2, 0.25) is 0 Å². The summed E-state index contributed by atoms with van der Waals surface area (Å²) >= 11 is 0. The molecule has 1 aromatic carbocycles. The van der Waals surface area contributed by atoms with E-state index in [0.29, 0.717) is 5.78 Å². The Morgan fingerprint density at radius 2 is 1.73 bits per heavy atom. The fourth-order valence-corrected chi connectivity index (χ4v) is 1.76. The molecule has 0 bridgehead atoms. The van der Waals surface area contributed by atoms with Crippen molar-refractivity contribution >= 4 is 16.7 Å². The minimum Gasteiger partial charge on any atom is -0.361 e. The fourth-order valence-electron chi connectivity index (χ4n) is 1.76. The second-order valence-corrected chi connectivity index (χ2v) is 3.81. The first-order valence-electron chi connectivity index (χ1n) is 5.40. The van der Waals surface area contributed by atoms with Crippen molar-refractivity contribution in [2.45, 2.75) is 25.7 Å². The molecular formula is C13H15NO. The van der Waals surface area contributed by atoms with Gasteiger partial charge < -0.3 is 4.98 Å². The molecule has 15 heavy (non-hydrogen) atoms. The lowest BCUT2D eigenvalue weighted by molar-refractivity contribution is -0.117. The molecule has 1 fully saturated rings. The number of fused-ring (bicyclic) bond motifs is 1. The number of rotatable bonds is 0. The van der Waals surface area contributed by atoms with Gasteiger partial charge in [0.25, 0.3) is 0 Å². The molecule has 0 spiro atoms. The van der Waals surface area contributed by atoms with Crippen LogP contribution < -0.4 is 0 Å². The van der Waals surface area contributed by atoms with E-state index >= 15 is 0 Å². The van der Waals surface area contributed by atoms with Crippen molar-refractivity contribution in [2.24, 2.45) is 0 Å². The summed E-state index contributed by atoms with van der Waals surface area (Å²) in [6.07, 6.45) is 5.92. The number of hydrogen-bond donors (Lipinski definition) is 1. The summed E-state index contributed by atoms with van der Waals surface area (Å²) in [4.78, 5) is 13.4. The molecule has 2 heteroatoms. The highest BCUT2D eigenvalue weighted by Crippen LogP contribution is 2.11. The summed E-state index contributed by atoms with van der Waals surface area (Å²) in [6, 6.07) is 10.3. The maximum Gasteiger partial charge on any atom is 0.132 e. The molecule has 1 heterocycles. The number of aromatic amines is 1. The Morgan fingerprint density at radius 3 is 2.33 bits per heavy atom. The van der Waals surface area contributed by atoms with E-state index in [1.807, 2.05) is 18.3 Å². The second kappa shape index (κ2) is 4.78. The van der Waals surface area contributed by atoms with Crippen LogP contribution in [0.15, 0.2) is 36.5 Å². The molecule has 2 nitrogen and oxygen atoms in total. The monoisotopic (exact) mass is 201 g/mol. The Kier molecular flexibility index (Phi) is 3.18. The minimum atomic E-state index is 0.454. The van der Waals surface area contributed by atoms with Crippen LogP contribution in [0.2, 0.25) is 0 Å². The number of ketones is 1. The molecule has 0 amide bonds. The van der Waals surface area contributed by atoms with Crippen molar-refractivity contribution in [3.8, 4) is 0 Å². The number of para-hydroxylation sites is 1. The Bertz CT molecular complexity index is 406. The largest absolute Gasteiger partial charge is 0.361 e. The Labute approximate surface area is 89.3 Å². The number of benzene rings is 1. The zero-order valence-electron chi connectivity index (χ0n) is 8.70. The molecule has 0 aliphatic heterocycles. The molecule has 2 aromatic rings. The van der Waals surface area contributed by atoms with Crippen LogP contribution in [0, 0.1) is 0 Å². The van der Waals surface area contributed by atoms with Crippen LogP contribution in [-0.2, 0) is 4.79 Å². The standard InChI is InChI=1S/C8H7N.C5H8O/c1-2-4-8-7(3-1)5-6-9-8;6-5-3-1-2-4-5/h1-6,9H;1-4H2. The van der Waals surface area contributed by atoms with Crippen molar-refractivity contribution < 1.29 is 4.79 Å². The van der Waals surface area contributed by atoms with Crippen LogP contribution in [0.25, 0.3) is 10.9 Å². The summed E-state index contributed by atoms with van der Waals surface area (Å²) in [7, 11) is 0. The number of nitrogens with one attached hydrogen (secondary N) is 1. The summed E-state index contributed by atoms with van der Waals surface area (Å²) in [5.41, 5.74) is 1.21.